The third-order valence-electron chi connectivity index (χ3n) is 2.82. The molecular weight excluding hydrogens is 257 g/mol. The van der Waals surface area contributed by atoms with E-state index in [0.717, 1.165) is 18.5 Å². The van der Waals surface area contributed by atoms with E-state index in [9.17, 15) is 9.90 Å². The minimum absolute atomic E-state index is 0. The molecular formula is C13H16NNaO4. The van der Waals surface area contributed by atoms with Gasteiger partial charge in [-0.05, 0) is 38.3 Å². The Morgan fingerprint density at radius 2 is 2.32 bits per heavy atom. The van der Waals surface area contributed by atoms with Gasteiger partial charge in [0.05, 0.1) is 11.7 Å². The Morgan fingerprint density at radius 1 is 1.53 bits per heavy atom. The molecule has 2 rings (SSSR count). The van der Waals surface area contributed by atoms with Crippen molar-refractivity contribution in [2.24, 2.45) is 0 Å². The molecule has 0 bridgehead atoms. The van der Waals surface area contributed by atoms with Gasteiger partial charge in [-0.2, -0.15) is 0 Å². The molecule has 1 aromatic heterocycles. The number of aromatic nitrogens is 1. The average Bonchev–Trinajstić information content (AvgIpc) is 2.37. The van der Waals surface area contributed by atoms with Crippen LogP contribution in [0.1, 0.15) is 36.8 Å². The van der Waals surface area contributed by atoms with Crippen LogP contribution in [0.25, 0.3) is 0 Å². The second-order valence-corrected chi connectivity index (χ2v) is 4.34. The first kappa shape index (κ1) is 16.6. The molecule has 5 nitrogen and oxygen atoms in total. The van der Waals surface area contributed by atoms with Crippen molar-refractivity contribution in [3.63, 3.8) is 0 Å². The van der Waals surface area contributed by atoms with Crippen molar-refractivity contribution in [1.29, 1.82) is 0 Å². The summed E-state index contributed by atoms with van der Waals surface area (Å²) >= 11 is 0. The third kappa shape index (κ3) is 4.85. The van der Waals surface area contributed by atoms with Crippen molar-refractivity contribution in [1.82, 2.24) is 4.98 Å². The second kappa shape index (κ2) is 7.97. The Balaban J connectivity index is 0.00000180. The fourth-order valence-corrected chi connectivity index (χ4v) is 1.93. The van der Waals surface area contributed by atoms with Crippen molar-refractivity contribution in [2.75, 3.05) is 6.61 Å². The summed E-state index contributed by atoms with van der Waals surface area (Å²) in [5.74, 6) is -1.29. The molecule has 2 unspecified atom stereocenters. The molecule has 1 fully saturated rings. The summed E-state index contributed by atoms with van der Waals surface area (Å²) in [6.07, 6.45) is 1.01. The number of carbonyl (C=O) groups excluding carboxylic acids is 1. The predicted octanol–water partition coefficient (Wildman–Crippen LogP) is -2.27. The van der Waals surface area contributed by atoms with E-state index in [1.54, 1.807) is 25.1 Å². The van der Waals surface area contributed by atoms with Gasteiger partial charge in [0.2, 0.25) is 0 Å². The molecule has 6 heteroatoms. The molecule has 1 aliphatic rings. The van der Waals surface area contributed by atoms with E-state index < -0.39 is 18.4 Å². The van der Waals surface area contributed by atoms with Gasteiger partial charge in [-0.1, -0.05) is 6.07 Å². The Bertz CT molecular complexity index is 421. The minimum Gasteiger partial charge on any atom is -0.547 e. The molecule has 2 atom stereocenters. The standard InChI is InChI=1S/C13H17NO4.Na/c1-9-5-4-6-10(14-9)12(13(15)16)18-11-7-2-3-8-17-11;/h4-6,11-12H,2-3,7-8H2,1H3,(H,15,16);/q;+1/p-1. The zero-order valence-electron chi connectivity index (χ0n) is 11.3. The molecule has 2 heterocycles. The van der Waals surface area contributed by atoms with E-state index in [-0.39, 0.29) is 29.6 Å². The molecule has 0 aromatic carbocycles. The number of carboxylic acids is 1. The number of ether oxygens (including phenoxy) is 2. The number of hydrogen-bond donors (Lipinski definition) is 0. The fourth-order valence-electron chi connectivity index (χ4n) is 1.93. The summed E-state index contributed by atoms with van der Waals surface area (Å²) < 4.78 is 10.8. The van der Waals surface area contributed by atoms with Gasteiger partial charge in [0.1, 0.15) is 6.10 Å². The first-order chi connectivity index (χ1) is 8.66. The van der Waals surface area contributed by atoms with Crippen LogP contribution in [-0.2, 0) is 14.3 Å². The van der Waals surface area contributed by atoms with Gasteiger partial charge < -0.3 is 19.4 Å². The first-order valence-electron chi connectivity index (χ1n) is 6.08. The Kier molecular flexibility index (Phi) is 6.96. The van der Waals surface area contributed by atoms with Gasteiger partial charge in [-0.3, -0.25) is 4.98 Å². The van der Waals surface area contributed by atoms with Gasteiger partial charge in [0.25, 0.3) is 0 Å². The number of pyridine rings is 1. The topological polar surface area (TPSA) is 71.5 Å². The molecule has 0 amide bonds. The largest absolute Gasteiger partial charge is 1.00 e. The number of hydrogen-bond acceptors (Lipinski definition) is 5. The van der Waals surface area contributed by atoms with Crippen molar-refractivity contribution in [2.45, 2.75) is 38.6 Å². The molecule has 0 spiro atoms. The Labute approximate surface area is 134 Å². The molecule has 0 N–H and O–H groups in total. The molecule has 98 valence electrons. The van der Waals surface area contributed by atoms with Gasteiger partial charge in [0, 0.05) is 12.3 Å². The normalized spacial score (nSPS) is 20.4. The molecule has 1 aliphatic heterocycles. The van der Waals surface area contributed by atoms with Crippen LogP contribution in [-0.4, -0.2) is 23.9 Å². The van der Waals surface area contributed by atoms with Gasteiger partial charge >= 0.3 is 29.6 Å². The zero-order chi connectivity index (χ0) is 13.0. The van der Waals surface area contributed by atoms with Gasteiger partial charge in [-0.25, -0.2) is 0 Å². The number of aliphatic carboxylic acids is 1. The van der Waals surface area contributed by atoms with Crippen LogP contribution in [0, 0.1) is 6.92 Å². The van der Waals surface area contributed by atoms with E-state index in [4.69, 9.17) is 9.47 Å². The second-order valence-electron chi connectivity index (χ2n) is 4.34. The summed E-state index contributed by atoms with van der Waals surface area (Å²) in [6.45, 7) is 2.40. The van der Waals surface area contributed by atoms with Crippen molar-refractivity contribution < 1.29 is 48.9 Å². The monoisotopic (exact) mass is 273 g/mol. The summed E-state index contributed by atoms with van der Waals surface area (Å²) in [5.41, 5.74) is 1.09. The predicted molar refractivity (Wildman–Crippen MR) is 61.4 cm³/mol. The number of aryl methyl sites for hydroxylation is 1. The van der Waals surface area contributed by atoms with Gasteiger partial charge in [0.15, 0.2) is 6.29 Å². The quantitative estimate of drug-likeness (QED) is 0.578. The van der Waals surface area contributed by atoms with Crippen LogP contribution in [0.4, 0.5) is 0 Å². The minimum atomic E-state index is -1.29. The van der Waals surface area contributed by atoms with Crippen molar-refractivity contribution in [3.05, 3.63) is 29.6 Å². The number of carboxylic acid groups (broad SMARTS) is 1. The Hall–Kier alpha value is -0.460. The fraction of sp³-hybridized carbons (Fsp3) is 0.538. The SMILES string of the molecule is Cc1cccc(C(OC2CCCCO2)C(=O)[O-])n1.[Na+]. The zero-order valence-corrected chi connectivity index (χ0v) is 13.3. The van der Waals surface area contributed by atoms with Crippen LogP contribution in [0.5, 0.6) is 0 Å². The summed E-state index contributed by atoms with van der Waals surface area (Å²) in [4.78, 5) is 15.3. The van der Waals surface area contributed by atoms with E-state index in [2.05, 4.69) is 4.98 Å². The molecule has 0 aliphatic carbocycles. The van der Waals surface area contributed by atoms with E-state index >= 15 is 0 Å². The Morgan fingerprint density at radius 3 is 2.89 bits per heavy atom. The van der Waals surface area contributed by atoms with E-state index in [1.807, 2.05) is 0 Å². The van der Waals surface area contributed by atoms with Gasteiger partial charge in [-0.15, -0.1) is 0 Å². The van der Waals surface area contributed by atoms with Crippen molar-refractivity contribution in [3.8, 4) is 0 Å². The maximum Gasteiger partial charge on any atom is 1.00 e. The third-order valence-corrected chi connectivity index (χ3v) is 2.82. The summed E-state index contributed by atoms with van der Waals surface area (Å²) in [6, 6.07) is 5.17. The average molecular weight is 273 g/mol. The number of nitrogens with zero attached hydrogens (tertiary/aromatic N) is 1. The maximum atomic E-state index is 11.2. The first-order valence-corrected chi connectivity index (χ1v) is 6.08. The molecule has 0 radical (unpaired) electrons. The van der Waals surface area contributed by atoms with Crippen LogP contribution in [0.2, 0.25) is 0 Å². The number of rotatable bonds is 4. The summed E-state index contributed by atoms with van der Waals surface area (Å²) in [5, 5.41) is 11.2. The van der Waals surface area contributed by atoms with Crippen molar-refractivity contribution >= 4 is 5.97 Å². The molecule has 1 saturated heterocycles. The maximum absolute atomic E-state index is 11.2. The molecule has 19 heavy (non-hydrogen) atoms. The van der Waals surface area contributed by atoms with E-state index in [1.165, 1.54) is 0 Å². The number of carbonyl (C=O) groups is 1. The van der Waals surface area contributed by atoms with E-state index in [0.29, 0.717) is 18.7 Å². The van der Waals surface area contributed by atoms with Crippen LogP contribution >= 0.6 is 0 Å². The summed E-state index contributed by atoms with van der Waals surface area (Å²) in [7, 11) is 0. The smallest absolute Gasteiger partial charge is 0.547 e. The molecule has 1 aromatic rings. The van der Waals surface area contributed by atoms with Crippen LogP contribution in [0.15, 0.2) is 18.2 Å². The molecule has 0 saturated carbocycles. The van der Waals surface area contributed by atoms with Crippen LogP contribution < -0.4 is 34.7 Å². The van der Waals surface area contributed by atoms with Crippen LogP contribution in [0.3, 0.4) is 0 Å².